The number of benzene rings is 4. The maximum atomic E-state index is 13.5. The number of aryl methyl sites for hydroxylation is 1. The van der Waals surface area contributed by atoms with Crippen molar-refractivity contribution in [2.45, 2.75) is 32.6 Å². The first-order valence-electron chi connectivity index (χ1n) is 16.4. The van der Waals surface area contributed by atoms with E-state index in [9.17, 15) is 14.4 Å². The number of allylic oxidation sites excluding steroid dienone is 1. The summed E-state index contributed by atoms with van der Waals surface area (Å²) in [4.78, 5) is 45.1. The second-order valence-electron chi connectivity index (χ2n) is 12.2. The number of carbonyl (C=O) groups excluding carboxylic acids is 3. The largest absolute Gasteiger partial charge is 0.340 e. The SMILES string of the molecule is Cc1ccc(-c2ccccc2C(=O)Nc2ccc(C(=O)N(C)c3ccccc3/C=C/CCCCC(=O)N3CCN(C)CC3)cc2)cc1. The second-order valence-corrected chi connectivity index (χ2v) is 12.2. The van der Waals surface area contributed by atoms with Gasteiger partial charge in [-0.3, -0.25) is 14.4 Å². The molecule has 1 N–H and O–H groups in total. The molecule has 0 bridgehead atoms. The van der Waals surface area contributed by atoms with E-state index in [1.807, 2.05) is 84.6 Å². The van der Waals surface area contributed by atoms with E-state index in [1.165, 1.54) is 0 Å². The predicted molar refractivity (Wildman–Crippen MR) is 192 cm³/mol. The van der Waals surface area contributed by atoms with Crippen LogP contribution < -0.4 is 10.2 Å². The van der Waals surface area contributed by atoms with Crippen LogP contribution in [-0.2, 0) is 4.79 Å². The van der Waals surface area contributed by atoms with Crippen LogP contribution in [0.5, 0.6) is 0 Å². The second kappa shape index (κ2) is 16.0. The Kier molecular flexibility index (Phi) is 11.4. The number of carbonyl (C=O) groups is 3. The fourth-order valence-electron chi connectivity index (χ4n) is 5.76. The molecule has 1 saturated heterocycles. The number of hydrogen-bond donors (Lipinski definition) is 1. The lowest BCUT2D eigenvalue weighted by Gasteiger charge is -2.32. The van der Waals surface area contributed by atoms with Crippen molar-refractivity contribution in [2.24, 2.45) is 0 Å². The molecule has 0 saturated carbocycles. The molecule has 1 fully saturated rings. The highest BCUT2D eigenvalue weighted by atomic mass is 16.2. The lowest BCUT2D eigenvalue weighted by molar-refractivity contribution is -0.132. The van der Waals surface area contributed by atoms with Crippen molar-refractivity contribution in [3.8, 4) is 11.1 Å². The fourth-order valence-corrected chi connectivity index (χ4v) is 5.76. The minimum Gasteiger partial charge on any atom is -0.340 e. The molecule has 0 atom stereocenters. The third-order valence-corrected chi connectivity index (χ3v) is 8.69. The molecule has 3 amide bonds. The van der Waals surface area contributed by atoms with Gasteiger partial charge in [0.05, 0.1) is 5.69 Å². The Labute approximate surface area is 278 Å². The van der Waals surface area contributed by atoms with E-state index in [2.05, 4.69) is 29.4 Å². The zero-order valence-electron chi connectivity index (χ0n) is 27.6. The number of nitrogens with zero attached hydrogens (tertiary/aromatic N) is 3. The van der Waals surface area contributed by atoms with Gasteiger partial charge in [-0.25, -0.2) is 0 Å². The van der Waals surface area contributed by atoms with Crippen molar-refractivity contribution in [1.82, 2.24) is 9.80 Å². The van der Waals surface area contributed by atoms with Gasteiger partial charge >= 0.3 is 0 Å². The van der Waals surface area contributed by atoms with Crippen molar-refractivity contribution in [2.75, 3.05) is 50.5 Å². The molecule has 0 aromatic heterocycles. The van der Waals surface area contributed by atoms with Crippen LogP contribution in [0.3, 0.4) is 0 Å². The monoisotopic (exact) mass is 628 g/mol. The maximum Gasteiger partial charge on any atom is 0.258 e. The molecule has 7 nitrogen and oxygen atoms in total. The molecule has 5 rings (SSSR count). The first-order valence-corrected chi connectivity index (χ1v) is 16.4. The van der Waals surface area contributed by atoms with E-state index in [0.717, 1.165) is 73.4 Å². The van der Waals surface area contributed by atoms with Crippen molar-refractivity contribution in [1.29, 1.82) is 0 Å². The summed E-state index contributed by atoms with van der Waals surface area (Å²) >= 11 is 0. The summed E-state index contributed by atoms with van der Waals surface area (Å²) < 4.78 is 0. The standard InChI is InChI=1S/C40H44N4O3/c1-30-18-20-31(21-19-30)35-14-9-10-15-36(35)39(46)41-34-24-22-33(23-25-34)40(47)43(3)37-16-11-8-13-32(37)12-6-4-5-7-17-38(45)44-28-26-42(2)27-29-44/h6,8-16,18-25H,4-5,7,17,26-29H2,1-3H3,(H,41,46)/b12-6+. The smallest absolute Gasteiger partial charge is 0.258 e. The van der Waals surface area contributed by atoms with Crippen molar-refractivity contribution < 1.29 is 14.4 Å². The molecule has 1 heterocycles. The van der Waals surface area contributed by atoms with Gasteiger partial charge in [-0.2, -0.15) is 0 Å². The molecule has 7 heteroatoms. The number of anilines is 2. The summed E-state index contributed by atoms with van der Waals surface area (Å²) in [5.74, 6) is -0.0954. The van der Waals surface area contributed by atoms with Gasteiger partial charge in [0.1, 0.15) is 0 Å². The first-order chi connectivity index (χ1) is 22.8. The zero-order chi connectivity index (χ0) is 33.2. The van der Waals surface area contributed by atoms with Crippen LogP contribution in [0.25, 0.3) is 17.2 Å². The number of para-hydroxylation sites is 1. The number of rotatable bonds is 11. The topological polar surface area (TPSA) is 73.0 Å². The van der Waals surface area contributed by atoms with Crippen LogP contribution in [0.2, 0.25) is 0 Å². The summed E-state index contributed by atoms with van der Waals surface area (Å²) in [7, 11) is 3.87. The average molecular weight is 629 g/mol. The third-order valence-electron chi connectivity index (χ3n) is 8.69. The molecule has 242 valence electrons. The number of hydrogen-bond acceptors (Lipinski definition) is 4. The van der Waals surface area contributed by atoms with Gasteiger partial charge in [-0.1, -0.05) is 78.4 Å². The van der Waals surface area contributed by atoms with Crippen LogP contribution in [0.15, 0.2) is 103 Å². The van der Waals surface area contributed by atoms with E-state index in [1.54, 1.807) is 36.2 Å². The molecule has 0 spiro atoms. The highest BCUT2D eigenvalue weighted by molar-refractivity contribution is 6.10. The number of nitrogens with one attached hydrogen (secondary N) is 1. The van der Waals surface area contributed by atoms with E-state index in [4.69, 9.17) is 0 Å². The number of likely N-dealkylation sites (N-methyl/N-ethyl adjacent to an activating group) is 1. The molecule has 4 aromatic rings. The average Bonchev–Trinajstić information content (AvgIpc) is 3.10. The minimum absolute atomic E-state index is 0.143. The summed E-state index contributed by atoms with van der Waals surface area (Å²) in [6.07, 6.45) is 7.43. The maximum absolute atomic E-state index is 13.5. The van der Waals surface area contributed by atoms with E-state index in [0.29, 0.717) is 23.2 Å². The predicted octanol–water partition coefficient (Wildman–Crippen LogP) is 7.54. The molecule has 0 radical (unpaired) electrons. The summed E-state index contributed by atoms with van der Waals surface area (Å²) in [5.41, 5.74) is 6.48. The Bertz CT molecular complexity index is 1700. The van der Waals surface area contributed by atoms with Crippen molar-refractivity contribution >= 4 is 35.2 Å². The molecular formula is C40H44N4O3. The van der Waals surface area contributed by atoms with Crippen molar-refractivity contribution in [3.05, 3.63) is 125 Å². The van der Waals surface area contributed by atoms with E-state index < -0.39 is 0 Å². The van der Waals surface area contributed by atoms with Gasteiger partial charge in [0.25, 0.3) is 11.8 Å². The summed E-state index contributed by atoms with van der Waals surface area (Å²) in [6.45, 7) is 5.57. The summed E-state index contributed by atoms with van der Waals surface area (Å²) in [6, 6.07) is 30.5. The fraction of sp³-hybridized carbons (Fsp3) is 0.275. The Balaban J connectivity index is 1.15. The van der Waals surface area contributed by atoms with Crippen LogP contribution in [0, 0.1) is 6.92 Å². The van der Waals surface area contributed by atoms with Gasteiger partial charge in [0.2, 0.25) is 5.91 Å². The Morgan fingerprint density at radius 3 is 2.23 bits per heavy atom. The van der Waals surface area contributed by atoms with Crippen molar-refractivity contribution in [3.63, 3.8) is 0 Å². The minimum atomic E-state index is -0.209. The normalized spacial score (nSPS) is 13.5. The first kappa shape index (κ1) is 33.4. The quantitative estimate of drug-likeness (QED) is 0.174. The Morgan fingerprint density at radius 2 is 1.49 bits per heavy atom. The van der Waals surface area contributed by atoms with Crippen LogP contribution in [-0.4, -0.2) is 67.8 Å². The third kappa shape index (κ3) is 8.83. The highest BCUT2D eigenvalue weighted by Crippen LogP contribution is 2.26. The molecule has 47 heavy (non-hydrogen) atoms. The molecule has 1 aliphatic heterocycles. The van der Waals surface area contributed by atoms with Gasteiger partial charge in [0, 0.05) is 56.5 Å². The van der Waals surface area contributed by atoms with Gasteiger partial charge in [-0.05, 0) is 86.3 Å². The number of unbranched alkanes of at least 4 members (excludes halogenated alkanes) is 2. The zero-order valence-corrected chi connectivity index (χ0v) is 27.6. The lowest BCUT2D eigenvalue weighted by Crippen LogP contribution is -2.47. The van der Waals surface area contributed by atoms with Crippen LogP contribution >= 0.6 is 0 Å². The molecular weight excluding hydrogens is 584 g/mol. The highest BCUT2D eigenvalue weighted by Gasteiger charge is 2.19. The molecule has 0 aliphatic carbocycles. The number of amides is 3. The summed E-state index contributed by atoms with van der Waals surface area (Å²) in [5, 5.41) is 2.98. The Morgan fingerprint density at radius 1 is 0.809 bits per heavy atom. The lowest BCUT2D eigenvalue weighted by atomic mass is 9.98. The van der Waals surface area contributed by atoms with Gasteiger partial charge in [0.15, 0.2) is 0 Å². The Hall–Kier alpha value is -5.01. The van der Waals surface area contributed by atoms with Crippen LogP contribution in [0.4, 0.5) is 11.4 Å². The van der Waals surface area contributed by atoms with Gasteiger partial charge in [-0.15, -0.1) is 0 Å². The molecule has 4 aromatic carbocycles. The van der Waals surface area contributed by atoms with E-state index in [-0.39, 0.29) is 17.7 Å². The number of piperazine rings is 1. The van der Waals surface area contributed by atoms with Gasteiger partial charge < -0.3 is 20.0 Å². The van der Waals surface area contributed by atoms with E-state index >= 15 is 0 Å². The van der Waals surface area contributed by atoms with Crippen LogP contribution in [0.1, 0.15) is 57.5 Å². The molecule has 0 unspecified atom stereocenters. The molecule has 1 aliphatic rings.